The minimum Gasteiger partial charge on any atom is -0.463 e. The van der Waals surface area contributed by atoms with E-state index in [9.17, 15) is 18.0 Å². The largest absolute Gasteiger partial charge is 0.463 e. The normalized spacial score (nSPS) is 11.5. The van der Waals surface area contributed by atoms with Gasteiger partial charge in [-0.1, -0.05) is 5.92 Å². The molecular weight excluding hydrogens is 363 g/mol. The van der Waals surface area contributed by atoms with Crippen molar-refractivity contribution < 1.29 is 27.8 Å². The van der Waals surface area contributed by atoms with Crippen LogP contribution in [-0.2, 0) is 0 Å². The van der Waals surface area contributed by atoms with E-state index in [0.29, 0.717) is 0 Å². The molecule has 1 aromatic heterocycles. The van der Waals surface area contributed by atoms with Crippen LogP contribution in [0.2, 0.25) is 0 Å². The predicted octanol–water partition coefficient (Wildman–Crippen LogP) is 2.45. The Kier molecular flexibility index (Phi) is 7.14. The number of halogens is 3. The Morgan fingerprint density at radius 1 is 1.33 bits per heavy atom. The number of amides is 1. The first-order valence-electron chi connectivity index (χ1n) is 7.85. The second-order valence-corrected chi connectivity index (χ2v) is 5.41. The first kappa shape index (κ1) is 20.2. The number of aliphatic hydroxyl groups is 1. The molecule has 2 aromatic rings. The summed E-state index contributed by atoms with van der Waals surface area (Å²) in [5, 5.41) is 11.3. The quantitative estimate of drug-likeness (QED) is 0.689. The molecule has 1 unspecified atom stereocenters. The number of nitrogens with zero attached hydrogens (tertiary/aromatic N) is 2. The fraction of sp³-hybridized carbons (Fsp3) is 0.278. The summed E-state index contributed by atoms with van der Waals surface area (Å²) in [5.41, 5.74) is -0.461. The van der Waals surface area contributed by atoms with Crippen molar-refractivity contribution in [3.63, 3.8) is 0 Å². The molecule has 0 bridgehead atoms. The summed E-state index contributed by atoms with van der Waals surface area (Å²) in [4.78, 5) is 19.9. The van der Waals surface area contributed by atoms with E-state index in [1.54, 1.807) is 0 Å². The second kappa shape index (κ2) is 9.54. The van der Waals surface area contributed by atoms with Crippen LogP contribution < -0.4 is 10.1 Å². The van der Waals surface area contributed by atoms with Crippen molar-refractivity contribution >= 4 is 11.6 Å². The maximum Gasteiger partial charge on any atom is 0.275 e. The number of hydrogen-bond acceptors (Lipinski definition) is 5. The highest BCUT2D eigenvalue weighted by Crippen LogP contribution is 2.28. The summed E-state index contributed by atoms with van der Waals surface area (Å²) in [5.74, 6) is -1.87. The lowest BCUT2D eigenvalue weighted by Crippen LogP contribution is -2.16. The highest BCUT2D eigenvalue weighted by atomic mass is 19.2. The Bertz CT molecular complexity index is 838. The number of aromatic nitrogens is 2. The minimum absolute atomic E-state index is 0.0125. The highest BCUT2D eigenvalue weighted by molar-refractivity contribution is 6.02. The molecule has 2 N–H and O–H groups in total. The average molecular weight is 379 g/mol. The molecule has 0 spiro atoms. The molecule has 0 aliphatic heterocycles. The number of carbonyl (C=O) groups excluding carboxylic acids is 1. The number of ether oxygens (including phenoxy) is 1. The van der Waals surface area contributed by atoms with Gasteiger partial charge < -0.3 is 15.2 Å². The third-order valence-electron chi connectivity index (χ3n) is 3.58. The number of hydrogen-bond donors (Lipinski definition) is 2. The van der Waals surface area contributed by atoms with Crippen LogP contribution in [0.15, 0.2) is 24.5 Å². The number of carbonyl (C=O) groups is 1. The van der Waals surface area contributed by atoms with E-state index in [1.165, 1.54) is 6.20 Å². The molecule has 142 valence electrons. The van der Waals surface area contributed by atoms with E-state index in [1.807, 2.05) is 0 Å². The van der Waals surface area contributed by atoms with Crippen LogP contribution in [-0.4, -0.2) is 40.9 Å². The monoisotopic (exact) mass is 379 g/mol. The predicted molar refractivity (Wildman–Crippen MR) is 91.1 cm³/mol. The van der Waals surface area contributed by atoms with Gasteiger partial charge in [0.2, 0.25) is 5.88 Å². The van der Waals surface area contributed by atoms with Crippen LogP contribution in [0.1, 0.15) is 28.4 Å². The number of benzene rings is 1. The van der Waals surface area contributed by atoms with Crippen LogP contribution in [0.25, 0.3) is 0 Å². The molecule has 9 heteroatoms. The Hall–Kier alpha value is -3.12. The van der Waals surface area contributed by atoms with Crippen molar-refractivity contribution in [1.82, 2.24) is 9.97 Å². The number of rotatable bonds is 8. The van der Waals surface area contributed by atoms with Crippen molar-refractivity contribution in [2.45, 2.75) is 12.3 Å². The molecule has 1 amide bonds. The molecule has 1 aromatic carbocycles. The first-order chi connectivity index (χ1) is 13.0. The van der Waals surface area contributed by atoms with Crippen molar-refractivity contribution in [2.24, 2.45) is 0 Å². The molecule has 2 rings (SSSR count). The summed E-state index contributed by atoms with van der Waals surface area (Å²) in [7, 11) is 0. The summed E-state index contributed by atoms with van der Waals surface area (Å²) < 4.78 is 45.9. The van der Waals surface area contributed by atoms with Gasteiger partial charge in [-0.25, -0.2) is 18.7 Å². The zero-order valence-corrected chi connectivity index (χ0v) is 14.1. The average Bonchev–Trinajstić information content (AvgIpc) is 2.67. The molecule has 27 heavy (non-hydrogen) atoms. The number of terminal acetylenes is 1. The van der Waals surface area contributed by atoms with Crippen LogP contribution in [0.3, 0.4) is 0 Å². The highest BCUT2D eigenvalue weighted by Gasteiger charge is 2.20. The molecule has 0 aliphatic rings. The van der Waals surface area contributed by atoms with Crippen molar-refractivity contribution in [1.29, 1.82) is 0 Å². The van der Waals surface area contributed by atoms with E-state index in [-0.39, 0.29) is 35.9 Å². The van der Waals surface area contributed by atoms with E-state index in [2.05, 4.69) is 21.2 Å². The van der Waals surface area contributed by atoms with Gasteiger partial charge in [-0.3, -0.25) is 9.18 Å². The summed E-state index contributed by atoms with van der Waals surface area (Å²) in [6, 6.07) is 1.89. The van der Waals surface area contributed by atoms with Crippen molar-refractivity contribution in [3.05, 3.63) is 47.4 Å². The Morgan fingerprint density at radius 2 is 2.11 bits per heavy atom. The fourth-order valence-electron chi connectivity index (χ4n) is 2.27. The molecule has 0 aliphatic carbocycles. The zero-order chi connectivity index (χ0) is 19.8. The van der Waals surface area contributed by atoms with Gasteiger partial charge in [-0.2, -0.15) is 0 Å². The van der Waals surface area contributed by atoms with Crippen LogP contribution >= 0.6 is 0 Å². The van der Waals surface area contributed by atoms with Crippen LogP contribution in [0.5, 0.6) is 5.88 Å². The van der Waals surface area contributed by atoms with E-state index in [0.717, 1.165) is 18.3 Å². The lowest BCUT2D eigenvalue weighted by atomic mass is 9.96. The second-order valence-electron chi connectivity index (χ2n) is 5.41. The topological polar surface area (TPSA) is 84.3 Å². The summed E-state index contributed by atoms with van der Waals surface area (Å²) in [6.45, 7) is -1.39. The standard InChI is InChI=1S/C18H16F3N3O3/c1-2-5-27-16-10-22-15(9-23-16)18(26)24-12-6-13(11(8-19)3-4-25)17(21)14(20)7-12/h1,6-7,9-11,25H,3-5,8H2,(H,24,26). The molecule has 1 atom stereocenters. The lowest BCUT2D eigenvalue weighted by Gasteiger charge is -2.15. The maximum absolute atomic E-state index is 14.0. The summed E-state index contributed by atoms with van der Waals surface area (Å²) in [6.07, 6.45) is 7.26. The van der Waals surface area contributed by atoms with Gasteiger partial charge in [0.1, 0.15) is 5.69 Å². The molecule has 1 heterocycles. The third kappa shape index (κ3) is 5.18. The van der Waals surface area contributed by atoms with Gasteiger partial charge in [-0.15, -0.1) is 6.42 Å². The smallest absolute Gasteiger partial charge is 0.275 e. The molecule has 0 saturated heterocycles. The maximum atomic E-state index is 14.0. The molecule has 6 nitrogen and oxygen atoms in total. The van der Waals surface area contributed by atoms with Gasteiger partial charge in [0, 0.05) is 24.3 Å². The SMILES string of the molecule is C#CCOc1cnc(C(=O)Nc2cc(F)c(F)c(C(CF)CCO)c2)cn1. The van der Waals surface area contributed by atoms with Gasteiger partial charge in [0.05, 0.1) is 19.1 Å². The number of anilines is 1. The first-order valence-corrected chi connectivity index (χ1v) is 7.85. The fourth-order valence-corrected chi connectivity index (χ4v) is 2.27. The van der Waals surface area contributed by atoms with Gasteiger partial charge >= 0.3 is 0 Å². The molecule has 0 fully saturated rings. The summed E-state index contributed by atoms with van der Waals surface area (Å²) >= 11 is 0. The zero-order valence-electron chi connectivity index (χ0n) is 14.1. The third-order valence-corrected chi connectivity index (χ3v) is 3.58. The van der Waals surface area contributed by atoms with E-state index < -0.39 is 36.7 Å². The number of aliphatic hydroxyl groups excluding tert-OH is 1. The van der Waals surface area contributed by atoms with E-state index >= 15 is 0 Å². The van der Waals surface area contributed by atoms with Gasteiger partial charge in [0.15, 0.2) is 18.2 Å². The molecule has 0 radical (unpaired) electrons. The van der Waals surface area contributed by atoms with Crippen molar-refractivity contribution in [2.75, 3.05) is 25.2 Å². The van der Waals surface area contributed by atoms with Crippen LogP contribution in [0.4, 0.5) is 18.9 Å². The Labute approximate surface area is 153 Å². The minimum atomic E-state index is -1.25. The number of alkyl halides is 1. The van der Waals surface area contributed by atoms with Gasteiger partial charge in [-0.05, 0) is 18.1 Å². The Morgan fingerprint density at radius 3 is 2.70 bits per heavy atom. The Balaban J connectivity index is 2.20. The van der Waals surface area contributed by atoms with Gasteiger partial charge in [0.25, 0.3) is 5.91 Å². The number of nitrogens with one attached hydrogen (secondary N) is 1. The van der Waals surface area contributed by atoms with Crippen LogP contribution in [0, 0.1) is 24.0 Å². The molecule has 0 saturated carbocycles. The van der Waals surface area contributed by atoms with Crippen molar-refractivity contribution in [3.8, 4) is 18.2 Å². The van der Waals surface area contributed by atoms with E-state index in [4.69, 9.17) is 16.3 Å². The molecular formula is C18H16F3N3O3. The lowest BCUT2D eigenvalue weighted by molar-refractivity contribution is 0.102.